The summed E-state index contributed by atoms with van der Waals surface area (Å²) in [4.78, 5) is 5.01. The highest BCUT2D eigenvalue weighted by atomic mass is 16.3. The summed E-state index contributed by atoms with van der Waals surface area (Å²) in [5, 5.41) is 8.74. The number of hydrogen-bond acceptors (Lipinski definition) is 4. The van der Waals surface area contributed by atoms with Crippen LogP contribution >= 0.6 is 0 Å². The van der Waals surface area contributed by atoms with Crippen LogP contribution in [-0.4, -0.2) is 19.3 Å². The van der Waals surface area contributed by atoms with Crippen LogP contribution in [0.1, 0.15) is 17.5 Å². The summed E-state index contributed by atoms with van der Waals surface area (Å²) >= 11 is 0. The summed E-state index contributed by atoms with van der Waals surface area (Å²) < 4.78 is 10.2. The molecule has 0 aliphatic carbocycles. The van der Waals surface area contributed by atoms with E-state index in [1.807, 2.05) is 54.1 Å². The zero-order valence-electron chi connectivity index (χ0n) is 18.5. The van der Waals surface area contributed by atoms with Crippen molar-refractivity contribution in [1.82, 2.24) is 19.3 Å². The molecule has 1 atom stereocenters. The average Bonchev–Trinajstić information content (AvgIpc) is 3.61. The van der Waals surface area contributed by atoms with E-state index in [-0.39, 0.29) is 6.17 Å². The molecule has 3 aromatic heterocycles. The first-order valence-electron chi connectivity index (χ1n) is 11.3. The van der Waals surface area contributed by atoms with Gasteiger partial charge >= 0.3 is 0 Å². The van der Waals surface area contributed by atoms with Gasteiger partial charge in [-0.1, -0.05) is 42.5 Å². The first kappa shape index (κ1) is 18.9. The number of nitrogens with zero attached hydrogens (tertiary/aromatic N) is 4. The second-order valence-electron chi connectivity index (χ2n) is 8.51. The molecule has 0 radical (unpaired) electrons. The third kappa shape index (κ3) is 2.82. The van der Waals surface area contributed by atoms with Gasteiger partial charge in [-0.25, -0.2) is 9.67 Å². The van der Waals surface area contributed by atoms with Crippen LogP contribution in [0.5, 0.6) is 0 Å². The molecule has 0 saturated carbocycles. The average molecular weight is 444 g/mol. The monoisotopic (exact) mass is 443 g/mol. The largest absolute Gasteiger partial charge is 0.460 e. The van der Waals surface area contributed by atoms with Crippen molar-refractivity contribution in [3.8, 4) is 28.5 Å². The van der Waals surface area contributed by atoms with E-state index in [4.69, 9.17) is 14.5 Å². The van der Waals surface area contributed by atoms with Gasteiger partial charge in [0.1, 0.15) is 23.4 Å². The van der Waals surface area contributed by atoms with Crippen LogP contribution in [0.25, 0.3) is 39.6 Å². The van der Waals surface area contributed by atoms with Gasteiger partial charge in [-0.05, 0) is 55.5 Å². The van der Waals surface area contributed by atoms with Crippen molar-refractivity contribution < 1.29 is 4.42 Å². The van der Waals surface area contributed by atoms with Gasteiger partial charge in [0.2, 0.25) is 0 Å². The number of hydrogen-bond donors (Lipinski definition) is 1. The summed E-state index contributed by atoms with van der Waals surface area (Å²) in [7, 11) is 0. The molecule has 4 heterocycles. The summed E-state index contributed by atoms with van der Waals surface area (Å²) in [6.45, 7) is 1.95. The van der Waals surface area contributed by atoms with Gasteiger partial charge in [-0.15, -0.1) is 0 Å². The molecule has 0 saturated heterocycles. The first-order valence-corrected chi connectivity index (χ1v) is 11.3. The van der Waals surface area contributed by atoms with Crippen LogP contribution in [-0.2, 0) is 0 Å². The van der Waals surface area contributed by atoms with Crippen molar-refractivity contribution in [3.05, 3.63) is 109 Å². The van der Waals surface area contributed by atoms with Crippen molar-refractivity contribution in [2.24, 2.45) is 0 Å². The van der Waals surface area contributed by atoms with Gasteiger partial charge in [0.05, 0.1) is 16.7 Å². The Morgan fingerprint density at radius 3 is 2.50 bits per heavy atom. The molecule has 0 spiro atoms. The van der Waals surface area contributed by atoms with Gasteiger partial charge < -0.3 is 9.73 Å². The van der Waals surface area contributed by atoms with Crippen molar-refractivity contribution in [2.45, 2.75) is 13.1 Å². The molecule has 3 aromatic carbocycles. The molecule has 1 unspecified atom stereocenters. The Labute approximate surface area is 196 Å². The van der Waals surface area contributed by atoms with E-state index in [2.05, 4.69) is 64.6 Å². The fraction of sp³-hybridized carbons (Fsp3) is 0.0714. The molecule has 0 fully saturated rings. The molecule has 164 valence electrons. The van der Waals surface area contributed by atoms with Crippen molar-refractivity contribution in [2.75, 3.05) is 5.32 Å². The number of fused-ring (bicyclic) bond motifs is 5. The van der Waals surface area contributed by atoms with Crippen LogP contribution in [0.15, 0.2) is 102 Å². The van der Waals surface area contributed by atoms with Crippen LogP contribution in [0.2, 0.25) is 0 Å². The molecule has 1 aliphatic rings. The third-order valence-corrected chi connectivity index (χ3v) is 6.35. The lowest BCUT2D eigenvalue weighted by atomic mass is 10.1. The maximum atomic E-state index is 6.05. The second-order valence-corrected chi connectivity index (χ2v) is 8.51. The molecule has 0 amide bonds. The van der Waals surface area contributed by atoms with Gasteiger partial charge in [0.25, 0.3) is 0 Å². The lowest BCUT2D eigenvalue weighted by Crippen LogP contribution is -2.25. The second kappa shape index (κ2) is 7.22. The molecule has 6 nitrogen and oxygen atoms in total. The van der Waals surface area contributed by atoms with Crippen molar-refractivity contribution in [3.63, 3.8) is 0 Å². The van der Waals surface area contributed by atoms with E-state index in [0.717, 1.165) is 56.6 Å². The predicted molar refractivity (Wildman–Crippen MR) is 133 cm³/mol. The Balaban J connectivity index is 1.50. The summed E-state index contributed by atoms with van der Waals surface area (Å²) in [6.07, 6.45) is 1.88. The highest BCUT2D eigenvalue weighted by Crippen LogP contribution is 2.42. The van der Waals surface area contributed by atoms with Crippen LogP contribution < -0.4 is 5.32 Å². The number of nitrogens with one attached hydrogen (secondary N) is 1. The van der Waals surface area contributed by atoms with E-state index in [1.165, 1.54) is 0 Å². The zero-order valence-corrected chi connectivity index (χ0v) is 18.5. The number of anilines is 1. The zero-order chi connectivity index (χ0) is 22.6. The van der Waals surface area contributed by atoms with Gasteiger partial charge in [0.15, 0.2) is 5.76 Å². The summed E-state index contributed by atoms with van der Waals surface area (Å²) in [5.74, 6) is 2.54. The third-order valence-electron chi connectivity index (χ3n) is 6.35. The van der Waals surface area contributed by atoms with Crippen LogP contribution in [0.4, 0.5) is 5.69 Å². The van der Waals surface area contributed by atoms with Crippen molar-refractivity contribution >= 4 is 16.7 Å². The lowest BCUT2D eigenvalue weighted by molar-refractivity contribution is 0.543. The fourth-order valence-electron chi connectivity index (χ4n) is 4.78. The van der Waals surface area contributed by atoms with Crippen LogP contribution in [0, 0.1) is 6.92 Å². The lowest BCUT2D eigenvalue weighted by Gasteiger charge is -2.29. The molecule has 6 aromatic rings. The number of imidazole rings is 1. The van der Waals surface area contributed by atoms with E-state index in [1.54, 1.807) is 0 Å². The van der Waals surface area contributed by atoms with E-state index in [9.17, 15) is 0 Å². The normalized spacial score (nSPS) is 14.6. The Morgan fingerprint density at radius 1 is 0.853 bits per heavy atom. The predicted octanol–water partition coefficient (Wildman–Crippen LogP) is 6.43. The molecular weight excluding hydrogens is 422 g/mol. The topological polar surface area (TPSA) is 60.8 Å². The SMILES string of the molecule is Cc1ccc(-c2nn(-c3ccccc3)cc2C2Nc3ccccc3-c3nc4ccccc4n32)o1. The van der Waals surface area contributed by atoms with Gasteiger partial charge in [-0.2, -0.15) is 5.10 Å². The number of aryl methyl sites for hydroxylation is 1. The van der Waals surface area contributed by atoms with E-state index >= 15 is 0 Å². The first-order chi connectivity index (χ1) is 16.8. The molecule has 7 rings (SSSR count). The maximum Gasteiger partial charge on any atom is 0.154 e. The summed E-state index contributed by atoms with van der Waals surface area (Å²) in [5.41, 5.74) is 6.97. The van der Waals surface area contributed by atoms with Crippen molar-refractivity contribution in [1.29, 1.82) is 0 Å². The Kier molecular flexibility index (Phi) is 4.02. The van der Waals surface area contributed by atoms with Gasteiger partial charge in [-0.3, -0.25) is 4.57 Å². The van der Waals surface area contributed by atoms with E-state index in [0.29, 0.717) is 0 Å². The Hall–Kier alpha value is -4.58. The molecule has 1 aliphatic heterocycles. The maximum absolute atomic E-state index is 6.05. The number of rotatable bonds is 3. The minimum Gasteiger partial charge on any atom is -0.460 e. The number of benzene rings is 3. The standard InChI is InChI=1S/C28H21N5O/c1-18-15-16-25(34-18)26-21(17-32(31-26)19-9-3-2-4-10-19)28-29-22-12-6-5-11-20(22)27-30-23-13-7-8-14-24(23)33(27)28/h2-17,28-29H,1H3. The fourth-order valence-corrected chi connectivity index (χ4v) is 4.78. The quantitative estimate of drug-likeness (QED) is 0.342. The highest BCUT2D eigenvalue weighted by molar-refractivity contribution is 5.87. The minimum atomic E-state index is -0.213. The highest BCUT2D eigenvalue weighted by Gasteiger charge is 2.32. The van der Waals surface area contributed by atoms with Gasteiger partial charge in [0, 0.05) is 23.0 Å². The molecule has 6 heteroatoms. The number of aromatic nitrogens is 4. The summed E-state index contributed by atoms with van der Waals surface area (Å²) in [6, 6.07) is 30.7. The Bertz CT molecular complexity index is 1660. The number of furan rings is 1. The smallest absolute Gasteiger partial charge is 0.154 e. The molecular formula is C28H21N5O. The Morgan fingerprint density at radius 2 is 1.65 bits per heavy atom. The minimum absolute atomic E-state index is 0.213. The molecule has 34 heavy (non-hydrogen) atoms. The molecule has 0 bridgehead atoms. The number of para-hydroxylation sites is 4. The van der Waals surface area contributed by atoms with Crippen LogP contribution in [0.3, 0.4) is 0 Å². The molecule has 1 N–H and O–H groups in total. The van der Waals surface area contributed by atoms with E-state index < -0.39 is 0 Å².